The highest BCUT2D eigenvalue weighted by Crippen LogP contribution is 2.38. The third kappa shape index (κ3) is 3.75. The van der Waals surface area contributed by atoms with Crippen LogP contribution in [0.5, 0.6) is 0 Å². The molecule has 1 aromatic rings. The highest BCUT2D eigenvalue weighted by Gasteiger charge is 2.38. The zero-order valence-corrected chi connectivity index (χ0v) is 16.5. The first-order valence-electron chi connectivity index (χ1n) is 8.44. The van der Waals surface area contributed by atoms with Crippen molar-refractivity contribution in [2.45, 2.75) is 26.1 Å². The average molecular weight is 433 g/mol. The van der Waals surface area contributed by atoms with Crippen LogP contribution in [-0.2, 0) is 37.6 Å². The summed E-state index contributed by atoms with van der Waals surface area (Å²) in [4.78, 5) is 34.4. The number of carboxylic acid groups (broad SMARTS) is 2. The molecule has 3 rings (SSSR count). The number of aliphatic carboxylic acids is 1. The fraction of sp³-hybridized carbons (Fsp3) is 0.533. The van der Waals surface area contributed by atoms with Crippen molar-refractivity contribution in [2.75, 3.05) is 31.5 Å². The highest BCUT2D eigenvalue weighted by molar-refractivity contribution is 7.87. The second-order valence-corrected chi connectivity index (χ2v) is 9.30. The van der Waals surface area contributed by atoms with Gasteiger partial charge in [0.15, 0.2) is 0 Å². The summed E-state index contributed by atoms with van der Waals surface area (Å²) in [7, 11) is -3.55. The summed E-state index contributed by atoms with van der Waals surface area (Å²) in [5, 5.41) is 20.3. The molecule has 0 saturated carbocycles. The summed E-state index contributed by atoms with van der Waals surface area (Å²) < 4.78 is 33.2. The van der Waals surface area contributed by atoms with Crippen LogP contribution in [0.25, 0.3) is 0 Å². The van der Waals surface area contributed by atoms with E-state index in [-0.39, 0.29) is 30.1 Å². The highest BCUT2D eigenvalue weighted by atomic mass is 32.2. The van der Waals surface area contributed by atoms with Crippen LogP contribution in [0, 0.1) is 0 Å². The van der Waals surface area contributed by atoms with Gasteiger partial charge in [-0.3, -0.25) is 4.79 Å². The summed E-state index contributed by atoms with van der Waals surface area (Å²) in [5.74, 6) is -4.36. The van der Waals surface area contributed by atoms with Gasteiger partial charge in [0.05, 0.1) is 18.3 Å². The maximum absolute atomic E-state index is 12.4. The fourth-order valence-electron chi connectivity index (χ4n) is 3.26. The molecular formula is C15H19N3O8S2. The maximum atomic E-state index is 12.4. The number of carbonyl (C=O) groups is 3. The van der Waals surface area contributed by atoms with Crippen LogP contribution in [0.4, 0.5) is 5.00 Å². The SMILES string of the molecule is CCN1CCN(CC2Cc3c(sc(NC(=O)C(=O)O)c3C(=O)O)CO2)S1(=O)=O. The van der Waals surface area contributed by atoms with Crippen molar-refractivity contribution < 1.29 is 37.8 Å². The number of nitrogens with one attached hydrogen (secondary N) is 1. The maximum Gasteiger partial charge on any atom is 0.394 e. The number of carboxylic acids is 2. The normalized spacial score (nSPS) is 22.0. The van der Waals surface area contributed by atoms with E-state index in [1.165, 1.54) is 8.61 Å². The molecule has 1 aromatic heterocycles. The molecule has 13 heteroatoms. The molecule has 0 spiro atoms. The molecule has 3 N–H and O–H groups in total. The third-order valence-electron chi connectivity index (χ3n) is 4.62. The molecule has 1 unspecified atom stereocenters. The first-order valence-corrected chi connectivity index (χ1v) is 10.6. The van der Waals surface area contributed by atoms with Gasteiger partial charge in [-0.15, -0.1) is 11.3 Å². The van der Waals surface area contributed by atoms with Crippen LogP contribution in [0.1, 0.15) is 27.7 Å². The molecule has 28 heavy (non-hydrogen) atoms. The number of aromatic carboxylic acids is 1. The number of fused-ring (bicyclic) bond motifs is 1. The first-order chi connectivity index (χ1) is 13.1. The van der Waals surface area contributed by atoms with Crippen LogP contribution in [-0.4, -0.2) is 77.4 Å². The molecule has 0 aliphatic carbocycles. The van der Waals surface area contributed by atoms with Crippen molar-refractivity contribution in [1.82, 2.24) is 8.61 Å². The van der Waals surface area contributed by atoms with Gasteiger partial charge in [0.2, 0.25) is 0 Å². The molecule has 1 atom stereocenters. The number of hydrogen-bond donors (Lipinski definition) is 3. The summed E-state index contributed by atoms with van der Waals surface area (Å²) in [6.45, 7) is 2.99. The Morgan fingerprint density at radius 1 is 1.25 bits per heavy atom. The van der Waals surface area contributed by atoms with Gasteiger partial charge in [-0.25, -0.2) is 9.59 Å². The van der Waals surface area contributed by atoms with E-state index >= 15 is 0 Å². The second kappa shape index (κ2) is 7.75. The predicted octanol–water partition coefficient (Wildman–Crippen LogP) is -0.207. The lowest BCUT2D eigenvalue weighted by Gasteiger charge is -2.27. The van der Waals surface area contributed by atoms with Crippen LogP contribution in [0.15, 0.2) is 0 Å². The largest absolute Gasteiger partial charge is 0.478 e. The molecule has 0 bridgehead atoms. The van der Waals surface area contributed by atoms with Gasteiger partial charge in [-0.2, -0.15) is 17.0 Å². The minimum absolute atomic E-state index is 0.0548. The molecule has 1 saturated heterocycles. The molecule has 0 radical (unpaired) electrons. The Bertz CT molecular complexity index is 926. The Labute approximate surface area is 164 Å². The molecule has 1 amide bonds. The fourth-order valence-corrected chi connectivity index (χ4v) is 6.03. The molecule has 11 nitrogen and oxygen atoms in total. The molecular weight excluding hydrogens is 414 g/mol. The Balaban J connectivity index is 1.81. The standard InChI is InChI=1S/C15H19N3O8S2/c1-2-17-3-4-18(28(17,24)25)6-8-5-9-10(7-26-8)27-13(11(9)14(20)21)16-12(19)15(22)23/h8H,2-7H2,1H3,(H,16,19)(H,20,21)(H,22,23). The van der Waals surface area contributed by atoms with E-state index < -0.39 is 34.2 Å². The summed E-state index contributed by atoms with van der Waals surface area (Å²) in [6.07, 6.45) is -0.399. The van der Waals surface area contributed by atoms with E-state index in [4.69, 9.17) is 9.84 Å². The van der Waals surface area contributed by atoms with Crippen molar-refractivity contribution in [3.63, 3.8) is 0 Å². The third-order valence-corrected chi connectivity index (χ3v) is 7.82. The smallest absolute Gasteiger partial charge is 0.394 e. The first kappa shape index (κ1) is 20.7. The van der Waals surface area contributed by atoms with Crippen molar-refractivity contribution in [1.29, 1.82) is 0 Å². The van der Waals surface area contributed by atoms with Gasteiger partial charge in [-0.05, 0) is 5.56 Å². The van der Waals surface area contributed by atoms with E-state index in [1.807, 2.05) is 0 Å². The number of ether oxygens (including phenoxy) is 1. The molecule has 154 valence electrons. The topological polar surface area (TPSA) is 154 Å². The van der Waals surface area contributed by atoms with Gasteiger partial charge in [0.25, 0.3) is 10.2 Å². The van der Waals surface area contributed by atoms with Gasteiger partial charge < -0.3 is 20.3 Å². The average Bonchev–Trinajstić information content (AvgIpc) is 3.11. The van der Waals surface area contributed by atoms with Crippen LogP contribution in [0.3, 0.4) is 0 Å². The summed E-state index contributed by atoms with van der Waals surface area (Å²) >= 11 is 0.943. The number of hydrogen-bond acceptors (Lipinski definition) is 7. The summed E-state index contributed by atoms with van der Waals surface area (Å²) in [6, 6.07) is 0. The number of thiophene rings is 1. The number of rotatable bonds is 5. The Hall–Kier alpha value is -2.06. The number of likely N-dealkylation sites (N-methyl/N-ethyl adjacent to an activating group) is 1. The summed E-state index contributed by atoms with van der Waals surface area (Å²) in [5.41, 5.74) is 0.251. The predicted molar refractivity (Wildman–Crippen MR) is 97.6 cm³/mol. The van der Waals surface area contributed by atoms with Crippen LogP contribution >= 0.6 is 11.3 Å². The Morgan fingerprint density at radius 2 is 1.93 bits per heavy atom. The zero-order chi connectivity index (χ0) is 20.6. The van der Waals surface area contributed by atoms with Crippen molar-refractivity contribution in [3.05, 3.63) is 16.0 Å². The van der Waals surface area contributed by atoms with E-state index in [9.17, 15) is 27.9 Å². The Kier molecular flexibility index (Phi) is 5.72. The second-order valence-electron chi connectivity index (χ2n) is 6.27. The van der Waals surface area contributed by atoms with E-state index in [0.29, 0.717) is 30.1 Å². The van der Waals surface area contributed by atoms with Crippen LogP contribution < -0.4 is 5.32 Å². The lowest BCUT2D eigenvalue weighted by atomic mass is 10.0. The molecule has 3 heterocycles. The van der Waals surface area contributed by atoms with Gasteiger partial charge >= 0.3 is 17.8 Å². The van der Waals surface area contributed by atoms with E-state index in [2.05, 4.69) is 5.32 Å². The number of carbonyl (C=O) groups excluding carboxylic acids is 1. The minimum Gasteiger partial charge on any atom is -0.478 e. The molecule has 2 aliphatic heterocycles. The minimum atomic E-state index is -3.55. The van der Waals surface area contributed by atoms with Crippen molar-refractivity contribution >= 4 is 44.4 Å². The van der Waals surface area contributed by atoms with Crippen molar-refractivity contribution in [3.8, 4) is 0 Å². The lowest BCUT2D eigenvalue weighted by molar-refractivity contribution is -0.147. The number of amides is 1. The Morgan fingerprint density at radius 3 is 2.50 bits per heavy atom. The molecule has 0 aromatic carbocycles. The van der Waals surface area contributed by atoms with Gasteiger partial charge in [-0.1, -0.05) is 6.92 Å². The molecule has 2 aliphatic rings. The van der Waals surface area contributed by atoms with Crippen LogP contribution in [0.2, 0.25) is 0 Å². The quantitative estimate of drug-likeness (QED) is 0.539. The van der Waals surface area contributed by atoms with E-state index in [0.717, 1.165) is 11.3 Å². The monoisotopic (exact) mass is 433 g/mol. The van der Waals surface area contributed by atoms with Gasteiger partial charge in [0.1, 0.15) is 5.00 Å². The zero-order valence-electron chi connectivity index (χ0n) is 14.9. The number of nitrogens with zero attached hydrogens (tertiary/aromatic N) is 2. The van der Waals surface area contributed by atoms with E-state index in [1.54, 1.807) is 6.92 Å². The van der Waals surface area contributed by atoms with Crippen molar-refractivity contribution in [2.24, 2.45) is 0 Å². The number of anilines is 1. The molecule has 1 fully saturated rings. The van der Waals surface area contributed by atoms with Gasteiger partial charge in [0, 0.05) is 37.5 Å². The lowest BCUT2D eigenvalue weighted by Crippen LogP contribution is -2.40.